The highest BCUT2D eigenvalue weighted by Gasteiger charge is 2.39. The monoisotopic (exact) mass is 594 g/mol. The second kappa shape index (κ2) is 12.7. The van der Waals surface area contributed by atoms with Crippen molar-refractivity contribution < 1.29 is 28.4 Å². The molecule has 0 unspecified atom stereocenters. The van der Waals surface area contributed by atoms with Gasteiger partial charge in [-0.15, -0.1) is 0 Å². The molecule has 1 fully saturated rings. The lowest BCUT2D eigenvalue weighted by molar-refractivity contribution is -0.134. The average molecular weight is 595 g/mol. The van der Waals surface area contributed by atoms with Crippen LogP contribution in [0.15, 0.2) is 83.4 Å². The van der Waals surface area contributed by atoms with Crippen LogP contribution in [-0.4, -0.2) is 59.7 Å². The zero-order chi connectivity index (χ0) is 30.6. The molecule has 3 heterocycles. The number of hydrogen-bond donors (Lipinski definition) is 2. The van der Waals surface area contributed by atoms with Crippen LogP contribution < -0.4 is 15.4 Å². The Balaban J connectivity index is 1.04. The second-order valence-corrected chi connectivity index (χ2v) is 11.2. The largest absolute Gasteiger partial charge is 0.490 e. The first kappa shape index (κ1) is 29.1. The van der Waals surface area contributed by atoms with E-state index in [0.717, 1.165) is 16.7 Å². The molecular formula is C34H34N4O6. The number of aryl methyl sites for hydroxylation is 1. The second-order valence-electron chi connectivity index (χ2n) is 11.2. The Morgan fingerprint density at radius 1 is 0.977 bits per heavy atom. The van der Waals surface area contributed by atoms with Gasteiger partial charge in [-0.3, -0.25) is 14.4 Å². The lowest BCUT2D eigenvalue weighted by Gasteiger charge is -2.42. The van der Waals surface area contributed by atoms with Crippen molar-refractivity contribution in [1.29, 1.82) is 0 Å². The number of carbonyl (C=O) groups excluding carboxylic acids is 3. The molecule has 1 saturated heterocycles. The van der Waals surface area contributed by atoms with Crippen LogP contribution in [0, 0.1) is 6.92 Å². The lowest BCUT2D eigenvalue weighted by atomic mass is 9.94. The Hall–Kier alpha value is -4.96. The molecule has 0 bridgehead atoms. The lowest BCUT2D eigenvalue weighted by Crippen LogP contribution is -2.53. The highest BCUT2D eigenvalue weighted by Crippen LogP contribution is 2.32. The van der Waals surface area contributed by atoms with Gasteiger partial charge in [0.1, 0.15) is 24.2 Å². The summed E-state index contributed by atoms with van der Waals surface area (Å²) >= 11 is 0. The van der Waals surface area contributed by atoms with Crippen LogP contribution in [0.1, 0.15) is 51.4 Å². The number of benzene rings is 3. The summed E-state index contributed by atoms with van der Waals surface area (Å²) in [6, 6.07) is 24.6. The van der Waals surface area contributed by atoms with Crippen molar-refractivity contribution in [1.82, 2.24) is 15.4 Å². The number of fused-ring (bicyclic) bond motifs is 2. The number of ether oxygens (including phenoxy) is 2. The molecule has 226 valence electrons. The molecule has 4 aromatic rings. The van der Waals surface area contributed by atoms with Crippen molar-refractivity contribution in [3.63, 3.8) is 0 Å². The first-order valence-electron chi connectivity index (χ1n) is 14.7. The summed E-state index contributed by atoms with van der Waals surface area (Å²) < 4.78 is 17.3. The molecule has 10 nitrogen and oxygen atoms in total. The van der Waals surface area contributed by atoms with Gasteiger partial charge in [-0.2, -0.15) is 0 Å². The average Bonchev–Trinajstić information content (AvgIpc) is 3.49. The molecule has 0 aliphatic carbocycles. The number of nitrogens with one attached hydrogen (secondary N) is 2. The third-order valence-electron chi connectivity index (χ3n) is 8.09. The summed E-state index contributed by atoms with van der Waals surface area (Å²) in [5.41, 5.74) is 4.23. The molecule has 2 N–H and O–H groups in total. The van der Waals surface area contributed by atoms with Crippen molar-refractivity contribution in [3.05, 3.63) is 101 Å². The standard InChI is InChI=1S/C34H34N4O6/c1-21-16-28(37-44-21)33(40)36-25-12-15-30-27(17-25)34(41)38(2)29-14-13-26(43-31(29)20-42-30)18-32(39)35-19-22-8-10-24(11-9-22)23-6-4-3-5-7-23/h3-12,15-17,26,29,31H,13-14,18-20H2,1-2H3,(H,35,39)(H,36,40)/t26-,29-,31-/m0/s1. The fourth-order valence-electron chi connectivity index (χ4n) is 5.70. The zero-order valence-corrected chi connectivity index (χ0v) is 24.6. The molecule has 3 atom stereocenters. The van der Waals surface area contributed by atoms with E-state index in [2.05, 4.69) is 40.1 Å². The molecule has 0 saturated carbocycles. The van der Waals surface area contributed by atoms with E-state index in [-0.39, 0.29) is 48.8 Å². The maximum Gasteiger partial charge on any atom is 0.277 e. The molecule has 10 heteroatoms. The van der Waals surface area contributed by atoms with E-state index in [0.29, 0.717) is 42.1 Å². The Bertz CT molecular complexity index is 1650. The van der Waals surface area contributed by atoms with Gasteiger partial charge >= 0.3 is 0 Å². The molecule has 1 aromatic heterocycles. The molecular weight excluding hydrogens is 560 g/mol. The maximum atomic E-state index is 13.5. The van der Waals surface area contributed by atoms with Crippen molar-refractivity contribution >= 4 is 23.4 Å². The molecule has 3 amide bonds. The van der Waals surface area contributed by atoms with Crippen molar-refractivity contribution in [2.45, 2.75) is 51.0 Å². The fraction of sp³-hybridized carbons (Fsp3) is 0.294. The molecule has 0 spiro atoms. The quantitative estimate of drug-likeness (QED) is 0.309. The van der Waals surface area contributed by atoms with Crippen LogP contribution in [-0.2, 0) is 16.1 Å². The number of amides is 3. The summed E-state index contributed by atoms with van der Waals surface area (Å²) in [5.74, 6) is 0.165. The predicted molar refractivity (Wildman–Crippen MR) is 163 cm³/mol. The first-order chi connectivity index (χ1) is 21.3. The van der Waals surface area contributed by atoms with Crippen LogP contribution in [0.2, 0.25) is 0 Å². The topological polar surface area (TPSA) is 123 Å². The minimum absolute atomic E-state index is 0.0857. The molecule has 3 aromatic carbocycles. The van der Waals surface area contributed by atoms with Gasteiger partial charge in [0.05, 0.1) is 24.1 Å². The van der Waals surface area contributed by atoms with Crippen LogP contribution >= 0.6 is 0 Å². The Morgan fingerprint density at radius 2 is 1.75 bits per heavy atom. The van der Waals surface area contributed by atoms with E-state index < -0.39 is 5.91 Å². The van der Waals surface area contributed by atoms with Gasteiger partial charge in [0.25, 0.3) is 11.8 Å². The first-order valence-corrected chi connectivity index (χ1v) is 14.7. The number of hydrogen-bond acceptors (Lipinski definition) is 7. The van der Waals surface area contributed by atoms with Gasteiger partial charge in [0, 0.05) is 25.3 Å². The Kier molecular flexibility index (Phi) is 8.42. The number of aromatic nitrogens is 1. The molecule has 6 rings (SSSR count). The van der Waals surface area contributed by atoms with E-state index >= 15 is 0 Å². The fourth-order valence-corrected chi connectivity index (χ4v) is 5.70. The van der Waals surface area contributed by atoms with Gasteiger partial charge in [-0.05, 0) is 54.7 Å². The molecule has 2 aliphatic heterocycles. The number of rotatable bonds is 7. The Labute approximate surface area is 255 Å². The Morgan fingerprint density at radius 3 is 2.50 bits per heavy atom. The normalized spacial score (nSPS) is 19.5. The number of likely N-dealkylation sites (N-methyl/N-ethyl adjacent to an activating group) is 1. The maximum absolute atomic E-state index is 13.5. The van der Waals surface area contributed by atoms with Gasteiger partial charge < -0.3 is 29.5 Å². The number of anilines is 1. The van der Waals surface area contributed by atoms with Crippen molar-refractivity contribution in [2.24, 2.45) is 0 Å². The highest BCUT2D eigenvalue weighted by molar-refractivity contribution is 6.04. The van der Waals surface area contributed by atoms with Crippen molar-refractivity contribution in [2.75, 3.05) is 19.0 Å². The molecule has 44 heavy (non-hydrogen) atoms. The smallest absolute Gasteiger partial charge is 0.277 e. The van der Waals surface area contributed by atoms with E-state index in [1.165, 1.54) is 6.07 Å². The minimum Gasteiger partial charge on any atom is -0.490 e. The third-order valence-corrected chi connectivity index (χ3v) is 8.09. The summed E-state index contributed by atoms with van der Waals surface area (Å²) in [5, 5.41) is 9.49. The van der Waals surface area contributed by atoms with Gasteiger partial charge in [-0.25, -0.2) is 0 Å². The summed E-state index contributed by atoms with van der Waals surface area (Å²) in [6.07, 6.45) is 0.877. The molecule has 0 radical (unpaired) electrons. The number of nitrogens with zero attached hydrogens (tertiary/aromatic N) is 2. The van der Waals surface area contributed by atoms with Crippen LogP contribution in [0.5, 0.6) is 5.75 Å². The van der Waals surface area contributed by atoms with E-state index in [4.69, 9.17) is 14.0 Å². The van der Waals surface area contributed by atoms with Crippen LogP contribution in [0.4, 0.5) is 5.69 Å². The third kappa shape index (κ3) is 6.50. The van der Waals surface area contributed by atoms with Crippen LogP contribution in [0.25, 0.3) is 11.1 Å². The molecule has 2 aliphatic rings. The zero-order valence-electron chi connectivity index (χ0n) is 24.6. The van der Waals surface area contributed by atoms with E-state index in [1.807, 2.05) is 30.3 Å². The van der Waals surface area contributed by atoms with Crippen molar-refractivity contribution in [3.8, 4) is 16.9 Å². The predicted octanol–water partition coefficient (Wildman–Crippen LogP) is 4.99. The summed E-state index contributed by atoms with van der Waals surface area (Å²) in [4.78, 5) is 40.5. The van der Waals surface area contributed by atoms with Gasteiger partial charge in [-0.1, -0.05) is 59.8 Å². The van der Waals surface area contributed by atoms with E-state index in [9.17, 15) is 14.4 Å². The summed E-state index contributed by atoms with van der Waals surface area (Å²) in [6.45, 7) is 2.36. The highest BCUT2D eigenvalue weighted by atomic mass is 16.5. The van der Waals surface area contributed by atoms with Gasteiger partial charge in [0.15, 0.2) is 5.69 Å². The van der Waals surface area contributed by atoms with E-state index in [1.54, 1.807) is 37.1 Å². The summed E-state index contributed by atoms with van der Waals surface area (Å²) in [7, 11) is 1.75. The SMILES string of the molecule is Cc1cc(C(=O)Nc2ccc3c(c2)C(=O)N(C)[C@H]2CC[C@@H](CC(=O)NCc4ccc(-c5ccccc5)cc4)O[C@H]2CO3)no1. The van der Waals surface area contributed by atoms with Crippen LogP contribution in [0.3, 0.4) is 0 Å². The number of carbonyl (C=O) groups is 3. The minimum atomic E-state index is -0.439. The van der Waals surface area contributed by atoms with Gasteiger partial charge in [0.2, 0.25) is 5.91 Å².